The number of non-ortho nitro benzene ring substituents is 1. The predicted octanol–water partition coefficient (Wildman–Crippen LogP) is 2.24. The lowest BCUT2D eigenvalue weighted by atomic mass is 9.71. The quantitative estimate of drug-likeness (QED) is 0.596. The lowest BCUT2D eigenvalue weighted by molar-refractivity contribution is -0.385. The third-order valence-electron chi connectivity index (χ3n) is 3.21. The van der Waals surface area contributed by atoms with Gasteiger partial charge in [0.25, 0.3) is 5.69 Å². The molecule has 1 fully saturated rings. The number of benzene rings is 1. The number of hydrogen-bond acceptors (Lipinski definition) is 3. The summed E-state index contributed by atoms with van der Waals surface area (Å²) >= 11 is 0. The zero-order valence-corrected chi connectivity index (χ0v) is 8.69. The lowest BCUT2D eigenvalue weighted by Crippen LogP contribution is -2.43. The molecule has 1 aliphatic rings. The Morgan fingerprint density at radius 3 is 2.60 bits per heavy atom. The van der Waals surface area contributed by atoms with E-state index in [1.807, 2.05) is 6.92 Å². The molecule has 15 heavy (non-hydrogen) atoms. The molecule has 80 valence electrons. The van der Waals surface area contributed by atoms with E-state index in [0.29, 0.717) is 0 Å². The molecule has 0 atom stereocenters. The van der Waals surface area contributed by atoms with Crippen LogP contribution in [0, 0.1) is 17.0 Å². The van der Waals surface area contributed by atoms with E-state index in [1.165, 1.54) is 6.07 Å². The van der Waals surface area contributed by atoms with Crippen molar-refractivity contribution >= 4 is 5.69 Å². The summed E-state index contributed by atoms with van der Waals surface area (Å²) in [6, 6.07) is 4.93. The van der Waals surface area contributed by atoms with Crippen LogP contribution in [-0.4, -0.2) is 4.92 Å². The molecule has 0 aromatic heterocycles. The summed E-state index contributed by atoms with van der Waals surface area (Å²) in [6.45, 7) is 1.95. The van der Waals surface area contributed by atoms with Crippen LogP contribution >= 0.6 is 0 Å². The number of nitrogens with zero attached hydrogens (tertiary/aromatic N) is 1. The minimum Gasteiger partial charge on any atom is -0.321 e. The molecule has 1 aromatic rings. The van der Waals surface area contributed by atoms with E-state index in [0.717, 1.165) is 30.4 Å². The van der Waals surface area contributed by atoms with Gasteiger partial charge in [0, 0.05) is 17.7 Å². The van der Waals surface area contributed by atoms with Gasteiger partial charge in [-0.3, -0.25) is 10.1 Å². The Morgan fingerprint density at radius 2 is 2.13 bits per heavy atom. The summed E-state index contributed by atoms with van der Waals surface area (Å²) in [7, 11) is 0. The van der Waals surface area contributed by atoms with Gasteiger partial charge in [0.2, 0.25) is 0 Å². The Bertz CT molecular complexity index is 411. The minimum atomic E-state index is -0.370. The molecule has 0 aliphatic heterocycles. The van der Waals surface area contributed by atoms with Crippen molar-refractivity contribution in [2.75, 3.05) is 0 Å². The predicted molar refractivity (Wildman–Crippen MR) is 57.5 cm³/mol. The SMILES string of the molecule is Cc1ccc([N+](=O)[O-])cc1C1(N)CCC1. The monoisotopic (exact) mass is 206 g/mol. The van der Waals surface area contributed by atoms with E-state index in [4.69, 9.17) is 5.73 Å². The number of nitrogens with two attached hydrogens (primary N) is 1. The maximum absolute atomic E-state index is 10.7. The van der Waals surface area contributed by atoms with Crippen LogP contribution in [0.3, 0.4) is 0 Å². The second-order valence-electron chi connectivity index (χ2n) is 4.27. The van der Waals surface area contributed by atoms with Crippen LogP contribution < -0.4 is 5.73 Å². The third kappa shape index (κ3) is 1.61. The van der Waals surface area contributed by atoms with Gasteiger partial charge in [-0.15, -0.1) is 0 Å². The van der Waals surface area contributed by atoms with Crippen molar-refractivity contribution < 1.29 is 4.92 Å². The van der Waals surface area contributed by atoms with Crippen LogP contribution in [0.25, 0.3) is 0 Å². The van der Waals surface area contributed by atoms with Crippen molar-refractivity contribution in [3.05, 3.63) is 39.4 Å². The first-order valence-electron chi connectivity index (χ1n) is 5.07. The molecule has 0 radical (unpaired) electrons. The molecule has 0 saturated heterocycles. The number of hydrogen-bond donors (Lipinski definition) is 1. The van der Waals surface area contributed by atoms with Crippen LogP contribution in [0.15, 0.2) is 18.2 Å². The number of nitro groups is 1. The smallest absolute Gasteiger partial charge is 0.269 e. The topological polar surface area (TPSA) is 69.2 Å². The highest BCUT2D eigenvalue weighted by molar-refractivity contribution is 5.43. The van der Waals surface area contributed by atoms with E-state index in [9.17, 15) is 10.1 Å². The highest BCUT2D eigenvalue weighted by Gasteiger charge is 2.36. The van der Waals surface area contributed by atoms with Crippen molar-refractivity contribution in [3.63, 3.8) is 0 Å². The van der Waals surface area contributed by atoms with E-state index < -0.39 is 0 Å². The Morgan fingerprint density at radius 1 is 1.47 bits per heavy atom. The van der Waals surface area contributed by atoms with Crippen molar-refractivity contribution in [2.45, 2.75) is 31.7 Å². The molecule has 1 aromatic carbocycles. The molecular weight excluding hydrogens is 192 g/mol. The molecule has 0 amide bonds. The summed E-state index contributed by atoms with van der Waals surface area (Å²) in [4.78, 5) is 10.3. The van der Waals surface area contributed by atoms with Gasteiger partial charge in [-0.1, -0.05) is 6.07 Å². The van der Waals surface area contributed by atoms with E-state index >= 15 is 0 Å². The Balaban J connectivity index is 2.45. The average molecular weight is 206 g/mol. The molecular formula is C11H14N2O2. The van der Waals surface area contributed by atoms with Crippen molar-refractivity contribution in [3.8, 4) is 0 Å². The van der Waals surface area contributed by atoms with Gasteiger partial charge in [-0.2, -0.15) is 0 Å². The van der Waals surface area contributed by atoms with Gasteiger partial charge < -0.3 is 5.73 Å². The van der Waals surface area contributed by atoms with Gasteiger partial charge in [0.15, 0.2) is 0 Å². The molecule has 4 nitrogen and oxygen atoms in total. The number of aryl methyl sites for hydroxylation is 1. The Labute approximate surface area is 88.2 Å². The summed E-state index contributed by atoms with van der Waals surface area (Å²) < 4.78 is 0. The van der Waals surface area contributed by atoms with Crippen LogP contribution in [0.2, 0.25) is 0 Å². The maximum atomic E-state index is 10.7. The lowest BCUT2D eigenvalue weighted by Gasteiger charge is -2.39. The molecule has 2 N–H and O–H groups in total. The van der Waals surface area contributed by atoms with Crippen LogP contribution in [0.4, 0.5) is 5.69 Å². The molecule has 1 aliphatic carbocycles. The van der Waals surface area contributed by atoms with Crippen LogP contribution in [0.1, 0.15) is 30.4 Å². The van der Waals surface area contributed by atoms with Gasteiger partial charge >= 0.3 is 0 Å². The third-order valence-corrected chi connectivity index (χ3v) is 3.21. The number of nitro benzene ring substituents is 1. The average Bonchev–Trinajstić information content (AvgIpc) is 2.14. The van der Waals surface area contributed by atoms with Gasteiger partial charge in [0.05, 0.1) is 4.92 Å². The summed E-state index contributed by atoms with van der Waals surface area (Å²) in [5.41, 5.74) is 7.96. The molecule has 0 unspecified atom stereocenters. The normalized spacial score (nSPS) is 18.3. The molecule has 2 rings (SSSR count). The molecule has 0 heterocycles. The first-order valence-corrected chi connectivity index (χ1v) is 5.07. The fraction of sp³-hybridized carbons (Fsp3) is 0.455. The highest BCUT2D eigenvalue weighted by atomic mass is 16.6. The van der Waals surface area contributed by atoms with Crippen LogP contribution in [-0.2, 0) is 5.54 Å². The molecule has 0 bridgehead atoms. The van der Waals surface area contributed by atoms with Crippen molar-refractivity contribution in [1.29, 1.82) is 0 Å². The van der Waals surface area contributed by atoms with Crippen molar-refractivity contribution in [1.82, 2.24) is 0 Å². The van der Waals surface area contributed by atoms with Gasteiger partial charge in [-0.05, 0) is 37.3 Å². The summed E-state index contributed by atoms with van der Waals surface area (Å²) in [6.07, 6.45) is 2.96. The zero-order valence-electron chi connectivity index (χ0n) is 8.69. The van der Waals surface area contributed by atoms with E-state index in [2.05, 4.69) is 0 Å². The largest absolute Gasteiger partial charge is 0.321 e. The van der Waals surface area contributed by atoms with E-state index in [1.54, 1.807) is 12.1 Å². The number of rotatable bonds is 2. The fourth-order valence-electron chi connectivity index (χ4n) is 2.09. The van der Waals surface area contributed by atoms with E-state index in [-0.39, 0.29) is 16.1 Å². The molecule has 4 heteroatoms. The van der Waals surface area contributed by atoms with Gasteiger partial charge in [0.1, 0.15) is 0 Å². The van der Waals surface area contributed by atoms with Crippen molar-refractivity contribution in [2.24, 2.45) is 5.73 Å². The first kappa shape index (κ1) is 10.1. The molecule has 1 saturated carbocycles. The van der Waals surface area contributed by atoms with Gasteiger partial charge in [-0.25, -0.2) is 0 Å². The standard InChI is InChI=1S/C11H14N2O2/c1-8-3-4-9(13(14)15)7-10(8)11(12)5-2-6-11/h3-4,7H,2,5-6,12H2,1H3. The fourth-order valence-corrected chi connectivity index (χ4v) is 2.09. The first-order chi connectivity index (χ1) is 7.03. The second-order valence-corrected chi connectivity index (χ2v) is 4.27. The Kier molecular flexibility index (Phi) is 2.23. The Hall–Kier alpha value is -1.42. The van der Waals surface area contributed by atoms with Crippen LogP contribution in [0.5, 0.6) is 0 Å². The summed E-state index contributed by atoms with van der Waals surface area (Å²) in [5, 5.41) is 10.7. The zero-order chi connectivity index (χ0) is 11.1. The maximum Gasteiger partial charge on any atom is 0.269 e. The highest BCUT2D eigenvalue weighted by Crippen LogP contribution is 2.41. The minimum absolute atomic E-state index is 0.132. The molecule has 0 spiro atoms. The second kappa shape index (κ2) is 3.31. The summed E-state index contributed by atoms with van der Waals surface area (Å²) in [5.74, 6) is 0.